The molecule has 0 saturated carbocycles. The van der Waals surface area contributed by atoms with Gasteiger partial charge in [0.1, 0.15) is 6.21 Å². The van der Waals surface area contributed by atoms with E-state index in [1.165, 1.54) is 13.1 Å². The number of halogens is 1. The van der Waals surface area contributed by atoms with E-state index in [0.717, 1.165) is 4.47 Å². The highest BCUT2D eigenvalue weighted by atomic mass is 79.9. The third-order valence-electron chi connectivity index (χ3n) is 2.32. The van der Waals surface area contributed by atoms with Crippen LogP contribution in [0.25, 0.3) is 0 Å². The number of aromatic nitrogens is 2. The average molecular weight is 325 g/mol. The van der Waals surface area contributed by atoms with Crippen molar-refractivity contribution in [3.63, 3.8) is 0 Å². The van der Waals surface area contributed by atoms with E-state index < -0.39 is 0 Å². The molecule has 0 aliphatic carbocycles. The first-order valence-corrected chi connectivity index (χ1v) is 6.02. The summed E-state index contributed by atoms with van der Waals surface area (Å²) in [6.45, 7) is 1.53. The zero-order chi connectivity index (χ0) is 13.8. The normalized spacial score (nSPS) is 10.8. The molecule has 98 valence electrons. The molecule has 1 aromatic heterocycles. The highest BCUT2D eigenvalue weighted by Crippen LogP contribution is 2.10. The van der Waals surface area contributed by atoms with Crippen molar-refractivity contribution < 1.29 is 14.3 Å². The Labute approximate surface area is 116 Å². The number of hydrazone groups is 1. The van der Waals surface area contributed by atoms with Crippen LogP contribution < -0.4 is 10.3 Å². The molecular formula is C11H9BrN4O3. The maximum Gasteiger partial charge on any atom is 0.271 e. The van der Waals surface area contributed by atoms with Crippen molar-refractivity contribution in [3.05, 3.63) is 50.9 Å². The Balaban J connectivity index is 2.00. The van der Waals surface area contributed by atoms with E-state index in [-0.39, 0.29) is 22.2 Å². The molecule has 2 aromatic rings. The lowest BCUT2D eigenvalue weighted by Crippen LogP contribution is -2.26. The topological polar surface area (TPSA) is 94.4 Å². The van der Waals surface area contributed by atoms with Crippen LogP contribution in [-0.2, 0) is 0 Å². The lowest BCUT2D eigenvalue weighted by molar-refractivity contribution is -0.806. The predicted molar refractivity (Wildman–Crippen MR) is 69.4 cm³/mol. The van der Waals surface area contributed by atoms with Gasteiger partial charge in [-0.05, 0) is 29.2 Å². The highest BCUT2D eigenvalue weighted by Gasteiger charge is 2.11. The van der Waals surface area contributed by atoms with Crippen molar-refractivity contribution in [1.82, 2.24) is 10.6 Å². The van der Waals surface area contributed by atoms with Gasteiger partial charge >= 0.3 is 0 Å². The summed E-state index contributed by atoms with van der Waals surface area (Å²) in [5.41, 5.74) is 3.32. The molecule has 0 aliphatic heterocycles. The molecule has 0 atom stereocenters. The summed E-state index contributed by atoms with van der Waals surface area (Å²) in [7, 11) is 0. The van der Waals surface area contributed by atoms with Crippen LogP contribution in [-0.4, -0.2) is 17.3 Å². The van der Waals surface area contributed by atoms with Crippen LogP contribution in [0.4, 0.5) is 0 Å². The zero-order valence-corrected chi connectivity index (χ0v) is 11.4. The summed E-state index contributed by atoms with van der Waals surface area (Å²) < 4.78 is 5.23. The molecule has 0 unspecified atom stereocenters. The van der Waals surface area contributed by atoms with Gasteiger partial charge < -0.3 is 5.21 Å². The Morgan fingerprint density at radius 1 is 1.53 bits per heavy atom. The van der Waals surface area contributed by atoms with Crippen LogP contribution in [0.5, 0.6) is 0 Å². The summed E-state index contributed by atoms with van der Waals surface area (Å²) in [5, 5.41) is 18.1. The highest BCUT2D eigenvalue weighted by molar-refractivity contribution is 9.10. The van der Waals surface area contributed by atoms with Crippen molar-refractivity contribution in [1.29, 1.82) is 0 Å². The van der Waals surface area contributed by atoms with E-state index in [9.17, 15) is 10.0 Å². The van der Waals surface area contributed by atoms with Crippen LogP contribution in [0.1, 0.15) is 21.7 Å². The molecule has 0 saturated heterocycles. The fourth-order valence-corrected chi connectivity index (χ4v) is 1.50. The fourth-order valence-electron chi connectivity index (χ4n) is 1.24. The Morgan fingerprint density at radius 3 is 2.79 bits per heavy atom. The fraction of sp³-hybridized carbons (Fsp3) is 0.0909. The second-order valence-electron chi connectivity index (χ2n) is 3.61. The molecule has 1 aromatic carbocycles. The number of hydrogen-bond acceptors (Lipinski definition) is 5. The van der Waals surface area contributed by atoms with Gasteiger partial charge in [0, 0.05) is 22.1 Å². The molecule has 19 heavy (non-hydrogen) atoms. The summed E-state index contributed by atoms with van der Waals surface area (Å²) >= 11 is 3.28. The van der Waals surface area contributed by atoms with Gasteiger partial charge in [-0.1, -0.05) is 15.9 Å². The minimum atomic E-state index is -0.361. The molecule has 1 amide bonds. The molecule has 0 fully saturated rings. The Kier molecular flexibility index (Phi) is 3.91. The number of carbonyl (C=O) groups excluding carboxylic acids is 1. The van der Waals surface area contributed by atoms with Gasteiger partial charge in [0.2, 0.25) is 5.69 Å². The molecule has 1 N–H and O–H groups in total. The van der Waals surface area contributed by atoms with Gasteiger partial charge in [-0.25, -0.2) is 5.43 Å². The SMILES string of the molecule is Cc1c(/C=N/NC(=O)c2ccc(Br)cc2)no[n+]1[O-]. The molecule has 1 heterocycles. The Hall–Kier alpha value is -2.22. The van der Waals surface area contributed by atoms with E-state index in [4.69, 9.17) is 0 Å². The lowest BCUT2D eigenvalue weighted by Gasteiger charge is -1.98. The van der Waals surface area contributed by atoms with Crippen molar-refractivity contribution in [2.24, 2.45) is 5.10 Å². The number of hydrogen-bond donors (Lipinski definition) is 1. The molecule has 0 aliphatic rings. The number of amides is 1. The quantitative estimate of drug-likeness (QED) is 0.520. The summed E-state index contributed by atoms with van der Waals surface area (Å²) in [4.78, 5) is 11.9. The van der Waals surface area contributed by atoms with Crippen molar-refractivity contribution >= 4 is 28.1 Å². The molecule has 7 nitrogen and oxygen atoms in total. The van der Waals surface area contributed by atoms with E-state index >= 15 is 0 Å². The van der Waals surface area contributed by atoms with Gasteiger partial charge in [-0.15, -0.1) is 0 Å². The van der Waals surface area contributed by atoms with Gasteiger partial charge in [0.05, 0.1) is 0 Å². The molecule has 0 spiro atoms. The third-order valence-corrected chi connectivity index (χ3v) is 2.85. The monoisotopic (exact) mass is 324 g/mol. The van der Waals surface area contributed by atoms with Crippen LogP contribution in [0, 0.1) is 12.1 Å². The lowest BCUT2D eigenvalue weighted by atomic mass is 10.2. The van der Waals surface area contributed by atoms with E-state index in [1.807, 2.05) is 0 Å². The van der Waals surface area contributed by atoms with E-state index in [0.29, 0.717) is 5.56 Å². The smallest absolute Gasteiger partial charge is 0.271 e. The van der Waals surface area contributed by atoms with Crippen LogP contribution in [0.2, 0.25) is 0 Å². The average Bonchev–Trinajstić information content (AvgIpc) is 2.71. The zero-order valence-electron chi connectivity index (χ0n) is 9.83. The minimum absolute atomic E-state index is 0.256. The first-order valence-electron chi connectivity index (χ1n) is 5.23. The number of rotatable bonds is 3. The molecule has 8 heteroatoms. The summed E-state index contributed by atoms with van der Waals surface area (Å²) in [6, 6.07) is 6.81. The van der Waals surface area contributed by atoms with E-state index in [2.05, 4.69) is 36.2 Å². The van der Waals surface area contributed by atoms with Crippen LogP contribution in [0.15, 0.2) is 38.5 Å². The first-order chi connectivity index (χ1) is 9.08. The predicted octanol–water partition coefficient (Wildman–Crippen LogP) is 1.14. The number of benzene rings is 1. The standard InChI is InChI=1S/C11H9BrN4O3/c1-7-10(15-19-16(7)18)6-13-14-11(17)8-2-4-9(12)5-3-8/h2-6H,1H3,(H,14,17)/b13-6+. The third kappa shape index (κ3) is 3.16. The van der Waals surface area contributed by atoms with Crippen molar-refractivity contribution in [2.45, 2.75) is 6.92 Å². The Morgan fingerprint density at radius 2 is 2.21 bits per heavy atom. The second-order valence-corrected chi connectivity index (χ2v) is 4.52. The van der Waals surface area contributed by atoms with Gasteiger partial charge in [0.25, 0.3) is 11.6 Å². The van der Waals surface area contributed by atoms with Crippen molar-refractivity contribution in [2.75, 3.05) is 0 Å². The van der Waals surface area contributed by atoms with Crippen LogP contribution >= 0.6 is 15.9 Å². The maximum absolute atomic E-state index is 11.7. The molecule has 0 radical (unpaired) electrons. The minimum Gasteiger partial charge on any atom is -0.359 e. The van der Waals surface area contributed by atoms with Gasteiger partial charge in [-0.2, -0.15) is 5.10 Å². The summed E-state index contributed by atoms with van der Waals surface area (Å²) in [6.07, 6.45) is 1.24. The van der Waals surface area contributed by atoms with Crippen molar-refractivity contribution in [3.8, 4) is 0 Å². The summed E-state index contributed by atoms with van der Waals surface area (Å²) in [5.74, 6) is -0.361. The second kappa shape index (κ2) is 5.61. The maximum atomic E-state index is 11.7. The Bertz CT molecular complexity index is 621. The number of nitrogens with one attached hydrogen (secondary N) is 1. The largest absolute Gasteiger partial charge is 0.359 e. The van der Waals surface area contributed by atoms with Gasteiger partial charge in [-0.3, -0.25) is 9.42 Å². The first kappa shape index (κ1) is 13.2. The molecular weight excluding hydrogens is 316 g/mol. The number of nitrogens with zero attached hydrogens (tertiary/aromatic N) is 3. The van der Waals surface area contributed by atoms with E-state index in [1.54, 1.807) is 24.3 Å². The van der Waals surface area contributed by atoms with Crippen LogP contribution in [0.3, 0.4) is 0 Å². The molecule has 0 bridgehead atoms. The number of carbonyl (C=O) groups is 1. The molecule has 2 rings (SSSR count). The van der Waals surface area contributed by atoms with Gasteiger partial charge in [0.15, 0.2) is 0 Å².